The molecule has 1 aromatic carbocycles. The van der Waals surface area contributed by atoms with Gasteiger partial charge < -0.3 is 4.57 Å². The molecule has 0 radical (unpaired) electrons. The number of nitriles is 1. The highest BCUT2D eigenvalue weighted by atomic mass is 32.2. The van der Waals surface area contributed by atoms with Crippen molar-refractivity contribution in [2.75, 3.05) is 5.75 Å². The first-order valence-electron chi connectivity index (χ1n) is 5.80. The molecule has 0 spiro atoms. The number of thioether (sulfide) groups is 1. The molecule has 98 valence electrons. The molecule has 0 unspecified atom stereocenters. The van der Waals surface area contributed by atoms with Crippen LogP contribution >= 0.6 is 11.8 Å². The zero-order valence-electron chi connectivity index (χ0n) is 10.7. The van der Waals surface area contributed by atoms with Gasteiger partial charge in [-0.1, -0.05) is 23.9 Å². The van der Waals surface area contributed by atoms with Crippen LogP contribution in [0.4, 0.5) is 4.39 Å². The summed E-state index contributed by atoms with van der Waals surface area (Å²) in [6, 6.07) is 8.63. The fourth-order valence-corrected chi connectivity index (χ4v) is 2.41. The van der Waals surface area contributed by atoms with Gasteiger partial charge in [-0.3, -0.25) is 0 Å². The van der Waals surface area contributed by atoms with Gasteiger partial charge in [0.15, 0.2) is 11.0 Å². The minimum absolute atomic E-state index is 0.0568. The Morgan fingerprint density at radius 2 is 2.16 bits per heavy atom. The van der Waals surface area contributed by atoms with Crippen LogP contribution in [0.15, 0.2) is 29.4 Å². The minimum Gasteiger partial charge on any atom is -0.305 e. The quantitative estimate of drug-likeness (QED) is 0.806. The van der Waals surface area contributed by atoms with E-state index in [1.165, 1.54) is 17.8 Å². The number of rotatable bonds is 4. The molecule has 0 fully saturated rings. The third-order valence-corrected chi connectivity index (χ3v) is 3.91. The van der Waals surface area contributed by atoms with E-state index in [9.17, 15) is 4.39 Å². The van der Waals surface area contributed by atoms with Crippen LogP contribution in [0.25, 0.3) is 11.4 Å². The first-order valence-corrected chi connectivity index (χ1v) is 6.78. The van der Waals surface area contributed by atoms with Gasteiger partial charge in [0.05, 0.1) is 17.6 Å². The lowest BCUT2D eigenvalue weighted by molar-refractivity contribution is 0.628. The van der Waals surface area contributed by atoms with Gasteiger partial charge in [-0.15, -0.1) is 10.2 Å². The van der Waals surface area contributed by atoms with Crippen molar-refractivity contribution in [1.82, 2.24) is 14.8 Å². The third kappa shape index (κ3) is 2.93. The summed E-state index contributed by atoms with van der Waals surface area (Å²) >= 11 is 1.45. The molecule has 4 nitrogen and oxygen atoms in total. The van der Waals surface area contributed by atoms with Gasteiger partial charge in [0, 0.05) is 12.8 Å². The molecule has 19 heavy (non-hydrogen) atoms. The van der Waals surface area contributed by atoms with E-state index in [2.05, 4.69) is 16.3 Å². The van der Waals surface area contributed by atoms with Crippen molar-refractivity contribution >= 4 is 11.8 Å². The van der Waals surface area contributed by atoms with Crippen molar-refractivity contribution < 1.29 is 4.39 Å². The molecule has 0 bridgehead atoms. The Morgan fingerprint density at radius 3 is 2.84 bits per heavy atom. The Labute approximate surface area is 115 Å². The maximum atomic E-state index is 13.7. The van der Waals surface area contributed by atoms with Gasteiger partial charge in [0.2, 0.25) is 0 Å². The Bertz CT molecular complexity index is 617. The van der Waals surface area contributed by atoms with Gasteiger partial charge in [0.25, 0.3) is 0 Å². The van der Waals surface area contributed by atoms with E-state index < -0.39 is 0 Å². The molecule has 2 aromatic rings. The highest BCUT2D eigenvalue weighted by Gasteiger charge is 2.14. The Morgan fingerprint density at radius 1 is 1.42 bits per heavy atom. The van der Waals surface area contributed by atoms with Crippen LogP contribution < -0.4 is 0 Å². The normalized spacial score (nSPS) is 12.1. The number of halogens is 1. The zero-order valence-corrected chi connectivity index (χ0v) is 11.5. The number of aromatic nitrogens is 3. The van der Waals surface area contributed by atoms with Crippen LogP contribution in [-0.4, -0.2) is 20.5 Å². The topological polar surface area (TPSA) is 54.5 Å². The summed E-state index contributed by atoms with van der Waals surface area (Å²) in [5, 5.41) is 17.5. The van der Waals surface area contributed by atoms with Gasteiger partial charge in [-0.05, 0) is 19.1 Å². The zero-order chi connectivity index (χ0) is 13.8. The molecule has 0 aliphatic rings. The molecule has 0 amide bonds. The van der Waals surface area contributed by atoms with Crippen LogP contribution in [0.2, 0.25) is 0 Å². The summed E-state index contributed by atoms with van der Waals surface area (Å²) in [5.41, 5.74) is 0.428. The van der Waals surface area contributed by atoms with Crippen LogP contribution in [0, 0.1) is 23.1 Å². The average Bonchev–Trinajstić information content (AvgIpc) is 2.78. The molecular formula is C13H13FN4S. The number of hydrogen-bond acceptors (Lipinski definition) is 4. The van der Waals surface area contributed by atoms with E-state index >= 15 is 0 Å². The highest BCUT2D eigenvalue weighted by Crippen LogP contribution is 2.25. The first-order chi connectivity index (χ1) is 9.13. The summed E-state index contributed by atoms with van der Waals surface area (Å²) < 4.78 is 15.4. The van der Waals surface area contributed by atoms with E-state index in [0.29, 0.717) is 22.3 Å². The van der Waals surface area contributed by atoms with Crippen LogP contribution in [0.1, 0.15) is 6.92 Å². The average molecular weight is 276 g/mol. The largest absolute Gasteiger partial charge is 0.305 e. The molecule has 1 heterocycles. The van der Waals surface area contributed by atoms with E-state index in [-0.39, 0.29) is 11.7 Å². The second-order valence-corrected chi connectivity index (χ2v) is 5.17. The first kappa shape index (κ1) is 13.6. The molecule has 1 atom stereocenters. The fraction of sp³-hybridized carbons (Fsp3) is 0.308. The predicted molar refractivity (Wildman–Crippen MR) is 71.9 cm³/mol. The van der Waals surface area contributed by atoms with Crippen molar-refractivity contribution in [3.63, 3.8) is 0 Å². The molecule has 6 heteroatoms. The maximum Gasteiger partial charge on any atom is 0.191 e. The molecule has 0 aliphatic heterocycles. The van der Waals surface area contributed by atoms with Gasteiger partial charge in [0.1, 0.15) is 5.82 Å². The fourth-order valence-electron chi connectivity index (χ4n) is 1.55. The van der Waals surface area contributed by atoms with Crippen LogP contribution in [-0.2, 0) is 7.05 Å². The molecule has 2 rings (SSSR count). The molecule has 0 aliphatic carbocycles. The van der Waals surface area contributed by atoms with Crippen molar-refractivity contribution in [3.05, 3.63) is 30.1 Å². The summed E-state index contributed by atoms with van der Waals surface area (Å²) in [6.07, 6.45) is 0. The highest BCUT2D eigenvalue weighted by molar-refractivity contribution is 7.99. The van der Waals surface area contributed by atoms with Crippen molar-refractivity contribution in [2.45, 2.75) is 12.1 Å². The van der Waals surface area contributed by atoms with Crippen molar-refractivity contribution in [1.29, 1.82) is 5.26 Å². The monoisotopic (exact) mass is 276 g/mol. The lowest BCUT2D eigenvalue weighted by atomic mass is 10.2. The molecular weight excluding hydrogens is 263 g/mol. The standard InChI is InChI=1S/C13H13FN4S/c1-9(7-15)8-19-13-17-16-12(18(13)2)10-5-3-4-6-11(10)14/h3-6,9H,8H2,1-2H3/t9-/m1/s1. The lowest BCUT2D eigenvalue weighted by Gasteiger charge is -2.05. The van der Waals surface area contributed by atoms with Crippen molar-refractivity contribution in [3.8, 4) is 17.5 Å². The summed E-state index contributed by atoms with van der Waals surface area (Å²) in [6.45, 7) is 1.85. The maximum absolute atomic E-state index is 13.7. The predicted octanol–water partition coefficient (Wildman–Crippen LogP) is 2.87. The van der Waals surface area contributed by atoms with Gasteiger partial charge >= 0.3 is 0 Å². The van der Waals surface area contributed by atoms with E-state index in [0.717, 1.165) is 0 Å². The minimum atomic E-state index is -0.319. The van der Waals surface area contributed by atoms with Gasteiger partial charge in [-0.25, -0.2) is 4.39 Å². The lowest BCUT2D eigenvalue weighted by Crippen LogP contribution is -1.99. The van der Waals surface area contributed by atoms with E-state index in [1.807, 2.05) is 6.92 Å². The molecule has 0 saturated heterocycles. The van der Waals surface area contributed by atoms with E-state index in [1.54, 1.807) is 29.8 Å². The van der Waals surface area contributed by atoms with E-state index in [4.69, 9.17) is 5.26 Å². The van der Waals surface area contributed by atoms with Crippen LogP contribution in [0.5, 0.6) is 0 Å². The number of nitrogens with zero attached hydrogens (tertiary/aromatic N) is 4. The Balaban J connectivity index is 2.24. The Hall–Kier alpha value is -1.87. The number of benzene rings is 1. The third-order valence-electron chi connectivity index (χ3n) is 2.63. The van der Waals surface area contributed by atoms with Crippen LogP contribution in [0.3, 0.4) is 0 Å². The SMILES string of the molecule is C[C@H](C#N)CSc1nnc(-c2ccccc2F)n1C. The molecule has 1 aromatic heterocycles. The second kappa shape index (κ2) is 5.85. The smallest absolute Gasteiger partial charge is 0.191 e. The molecule has 0 N–H and O–H groups in total. The summed E-state index contributed by atoms with van der Waals surface area (Å²) in [4.78, 5) is 0. The van der Waals surface area contributed by atoms with Gasteiger partial charge in [-0.2, -0.15) is 5.26 Å². The summed E-state index contributed by atoms with van der Waals surface area (Å²) in [7, 11) is 1.79. The summed E-state index contributed by atoms with van der Waals surface area (Å²) in [5.74, 6) is 0.753. The molecule has 0 saturated carbocycles. The van der Waals surface area contributed by atoms with Crippen molar-refractivity contribution in [2.24, 2.45) is 13.0 Å². The number of hydrogen-bond donors (Lipinski definition) is 0. The Kier molecular flexibility index (Phi) is 4.17. The second-order valence-electron chi connectivity index (χ2n) is 4.19.